The van der Waals surface area contributed by atoms with E-state index < -0.39 is 0 Å². The lowest BCUT2D eigenvalue weighted by Crippen LogP contribution is -2.43. The van der Waals surface area contributed by atoms with Crippen LogP contribution in [0.25, 0.3) is 0 Å². The van der Waals surface area contributed by atoms with Gasteiger partial charge >= 0.3 is 0 Å². The van der Waals surface area contributed by atoms with E-state index in [-0.39, 0.29) is 12.4 Å². The summed E-state index contributed by atoms with van der Waals surface area (Å²) in [5.74, 6) is 1.05. The van der Waals surface area contributed by atoms with Gasteiger partial charge in [-0.2, -0.15) is 0 Å². The molecule has 0 fully saturated rings. The molecule has 0 saturated carbocycles. The second kappa shape index (κ2) is 6.86. The number of ether oxygens (including phenoxy) is 1. The average molecular weight is 296 g/mol. The quantitative estimate of drug-likeness (QED) is 0.887. The maximum atomic E-state index is 5.89. The number of halogens is 1. The molecule has 1 aromatic rings. The lowest BCUT2D eigenvalue weighted by molar-refractivity contribution is 0.151. The second-order valence-corrected chi connectivity index (χ2v) is 5.10. The van der Waals surface area contributed by atoms with Crippen molar-refractivity contribution in [2.75, 3.05) is 26.9 Å². The highest BCUT2D eigenvalue weighted by Gasteiger charge is 2.28. The van der Waals surface area contributed by atoms with E-state index in [4.69, 9.17) is 4.74 Å². The van der Waals surface area contributed by atoms with E-state index in [2.05, 4.69) is 39.9 Å². The summed E-state index contributed by atoms with van der Waals surface area (Å²) in [4.78, 5) is 2.44. The van der Waals surface area contributed by atoms with Gasteiger partial charge in [-0.25, -0.2) is 0 Å². The van der Waals surface area contributed by atoms with Crippen molar-refractivity contribution in [2.45, 2.75) is 18.9 Å². The largest absolute Gasteiger partial charge is 0.491 e. The van der Waals surface area contributed by atoms with Crippen LogP contribution in [0.2, 0.25) is 0 Å². The molecular weight excluding hydrogens is 274 g/mol. The Kier molecular flexibility index (Phi) is 5.15. The van der Waals surface area contributed by atoms with Gasteiger partial charge in [-0.05, 0) is 25.1 Å². The molecule has 20 heavy (non-hydrogen) atoms. The van der Waals surface area contributed by atoms with Gasteiger partial charge in [0.2, 0.25) is 0 Å². The minimum Gasteiger partial charge on any atom is -0.491 e. The molecule has 5 heteroatoms. The number of fused-ring (bicyclic) bond motifs is 1. The Morgan fingerprint density at radius 1 is 1.40 bits per heavy atom. The van der Waals surface area contributed by atoms with Gasteiger partial charge in [-0.1, -0.05) is 18.2 Å². The van der Waals surface area contributed by atoms with Crippen molar-refractivity contribution in [2.24, 2.45) is 0 Å². The van der Waals surface area contributed by atoms with Gasteiger partial charge in [0.1, 0.15) is 12.4 Å². The Balaban J connectivity index is 0.00000147. The highest BCUT2D eigenvalue weighted by Crippen LogP contribution is 2.28. The van der Waals surface area contributed by atoms with Crippen LogP contribution in [-0.2, 0) is 6.42 Å². The molecule has 3 rings (SSSR count). The van der Waals surface area contributed by atoms with Gasteiger partial charge in [-0.3, -0.25) is 0 Å². The Morgan fingerprint density at radius 3 is 3.10 bits per heavy atom. The summed E-state index contributed by atoms with van der Waals surface area (Å²) in [5.41, 5.74) is 2.70. The molecule has 2 heterocycles. The Morgan fingerprint density at radius 2 is 2.25 bits per heavy atom. The molecule has 0 aromatic heterocycles. The van der Waals surface area contributed by atoms with Crippen LogP contribution in [0.15, 0.2) is 36.2 Å². The first-order chi connectivity index (χ1) is 9.38. The first-order valence-corrected chi connectivity index (χ1v) is 6.93. The van der Waals surface area contributed by atoms with E-state index in [0.717, 1.165) is 38.4 Å². The van der Waals surface area contributed by atoms with Crippen LogP contribution in [0.4, 0.5) is 0 Å². The maximum absolute atomic E-state index is 5.89. The molecule has 110 valence electrons. The van der Waals surface area contributed by atoms with Gasteiger partial charge in [0.05, 0.1) is 12.7 Å². The molecule has 2 aliphatic rings. The Labute approximate surface area is 126 Å². The van der Waals surface area contributed by atoms with E-state index in [1.54, 1.807) is 0 Å². The summed E-state index contributed by atoms with van der Waals surface area (Å²) in [6.45, 7) is 2.68. The summed E-state index contributed by atoms with van der Waals surface area (Å²) in [6, 6.07) is 8.79. The van der Waals surface area contributed by atoms with E-state index in [0.29, 0.717) is 6.04 Å². The molecule has 0 aliphatic carbocycles. The molecule has 1 aromatic carbocycles. The second-order valence-electron chi connectivity index (χ2n) is 5.10. The monoisotopic (exact) mass is 295 g/mol. The predicted octanol–water partition coefficient (Wildman–Crippen LogP) is 1.73. The SMILES string of the molecule is CNCCC1=CNCN1[C@H]1COc2ccccc2C1.Cl. The highest BCUT2D eigenvalue weighted by molar-refractivity contribution is 5.85. The van der Waals surface area contributed by atoms with Crippen LogP contribution in [0.1, 0.15) is 12.0 Å². The van der Waals surface area contributed by atoms with Crippen molar-refractivity contribution in [1.82, 2.24) is 15.5 Å². The molecule has 0 amide bonds. The fourth-order valence-electron chi connectivity index (χ4n) is 2.79. The van der Waals surface area contributed by atoms with Gasteiger partial charge in [-0.15, -0.1) is 12.4 Å². The highest BCUT2D eigenvalue weighted by atomic mass is 35.5. The first kappa shape index (κ1) is 15.0. The van der Waals surface area contributed by atoms with Crippen molar-refractivity contribution >= 4 is 12.4 Å². The predicted molar refractivity (Wildman–Crippen MR) is 83.1 cm³/mol. The molecule has 4 nitrogen and oxygen atoms in total. The number of nitrogens with zero attached hydrogens (tertiary/aromatic N) is 1. The van der Waals surface area contributed by atoms with Crippen LogP contribution >= 0.6 is 12.4 Å². The van der Waals surface area contributed by atoms with Crippen molar-refractivity contribution in [3.05, 3.63) is 41.7 Å². The van der Waals surface area contributed by atoms with E-state index in [1.165, 1.54) is 11.3 Å². The van der Waals surface area contributed by atoms with Crippen molar-refractivity contribution in [1.29, 1.82) is 0 Å². The third-order valence-electron chi connectivity index (χ3n) is 3.83. The van der Waals surface area contributed by atoms with Crippen molar-refractivity contribution in [3.8, 4) is 5.75 Å². The first-order valence-electron chi connectivity index (χ1n) is 6.93. The van der Waals surface area contributed by atoms with Crippen LogP contribution < -0.4 is 15.4 Å². The van der Waals surface area contributed by atoms with Gasteiger partial charge < -0.3 is 20.3 Å². The van der Waals surface area contributed by atoms with Crippen LogP contribution in [0.3, 0.4) is 0 Å². The normalized spacial score (nSPS) is 20.4. The van der Waals surface area contributed by atoms with Gasteiger partial charge in [0, 0.05) is 24.9 Å². The summed E-state index contributed by atoms with van der Waals surface area (Å²) >= 11 is 0. The maximum Gasteiger partial charge on any atom is 0.122 e. The van der Waals surface area contributed by atoms with Gasteiger partial charge in [0.25, 0.3) is 0 Å². The summed E-state index contributed by atoms with van der Waals surface area (Å²) < 4.78 is 5.89. The van der Waals surface area contributed by atoms with Gasteiger partial charge in [0.15, 0.2) is 0 Å². The number of benzene rings is 1. The minimum atomic E-state index is 0. The fourth-order valence-corrected chi connectivity index (χ4v) is 2.79. The third kappa shape index (κ3) is 3.02. The summed E-state index contributed by atoms with van der Waals surface area (Å²) in [6.07, 6.45) is 4.26. The fraction of sp³-hybridized carbons (Fsp3) is 0.467. The Hall–Kier alpha value is -1.39. The number of nitrogens with one attached hydrogen (secondary N) is 2. The zero-order valence-corrected chi connectivity index (χ0v) is 12.6. The number of hydrogen-bond acceptors (Lipinski definition) is 4. The zero-order valence-electron chi connectivity index (χ0n) is 11.8. The number of hydrogen-bond donors (Lipinski definition) is 2. The molecule has 0 unspecified atom stereocenters. The molecule has 0 spiro atoms. The van der Waals surface area contributed by atoms with Crippen LogP contribution in [0.5, 0.6) is 5.75 Å². The van der Waals surface area contributed by atoms with Crippen LogP contribution in [0, 0.1) is 0 Å². The average Bonchev–Trinajstić information content (AvgIpc) is 2.93. The minimum absolute atomic E-state index is 0. The number of para-hydroxylation sites is 1. The van der Waals surface area contributed by atoms with E-state index in [9.17, 15) is 0 Å². The molecule has 2 N–H and O–H groups in total. The molecular formula is C15H22ClN3O. The molecule has 2 aliphatic heterocycles. The summed E-state index contributed by atoms with van der Waals surface area (Å²) in [7, 11) is 1.99. The molecule has 0 radical (unpaired) electrons. The summed E-state index contributed by atoms with van der Waals surface area (Å²) in [5, 5.41) is 6.54. The Bertz CT molecular complexity index is 478. The number of rotatable bonds is 4. The lowest BCUT2D eigenvalue weighted by Gasteiger charge is -2.34. The third-order valence-corrected chi connectivity index (χ3v) is 3.83. The molecule has 0 saturated heterocycles. The van der Waals surface area contributed by atoms with Crippen molar-refractivity contribution in [3.63, 3.8) is 0 Å². The van der Waals surface area contributed by atoms with E-state index >= 15 is 0 Å². The van der Waals surface area contributed by atoms with Crippen LogP contribution in [-0.4, -0.2) is 37.8 Å². The smallest absolute Gasteiger partial charge is 0.122 e. The lowest BCUT2D eigenvalue weighted by atomic mass is 10.0. The standard InChI is InChI=1S/C15H21N3O.ClH/c1-16-7-6-13-9-17-11-18(13)14-8-12-4-2-3-5-15(12)19-10-14;/h2-5,9,14,16-17H,6-8,10-11H2,1H3;1H/t14-;/m1./s1. The topological polar surface area (TPSA) is 36.5 Å². The molecule has 1 atom stereocenters. The molecule has 0 bridgehead atoms. The van der Waals surface area contributed by atoms with E-state index in [1.807, 2.05) is 13.1 Å². The zero-order chi connectivity index (χ0) is 13.1. The van der Waals surface area contributed by atoms with Crippen molar-refractivity contribution < 1.29 is 4.74 Å².